The standard InChI is InChI=1S/C18H27N5/c1-3-22-11-9-20-18(22)15-23-13-12-21(14-16(23)2)10-6-17-4-7-19-8-5-17/h4-5,7-9,11,16H,3,6,10,12-15H2,1-2H3/t16-/m1/s1. The van der Waals surface area contributed by atoms with Crippen molar-refractivity contribution < 1.29 is 0 Å². The third-order valence-corrected chi connectivity index (χ3v) is 4.80. The van der Waals surface area contributed by atoms with Gasteiger partial charge >= 0.3 is 0 Å². The number of nitrogens with zero attached hydrogens (tertiary/aromatic N) is 5. The Balaban J connectivity index is 1.49. The predicted molar refractivity (Wildman–Crippen MR) is 92.2 cm³/mol. The summed E-state index contributed by atoms with van der Waals surface area (Å²) in [6.45, 7) is 11.0. The van der Waals surface area contributed by atoms with Crippen LogP contribution in [-0.2, 0) is 19.5 Å². The fraction of sp³-hybridized carbons (Fsp3) is 0.556. The average Bonchev–Trinajstić information content (AvgIpc) is 3.03. The van der Waals surface area contributed by atoms with E-state index in [1.807, 2.05) is 18.6 Å². The van der Waals surface area contributed by atoms with Gasteiger partial charge in [0.05, 0.1) is 6.54 Å². The molecule has 1 fully saturated rings. The molecule has 3 rings (SSSR count). The van der Waals surface area contributed by atoms with Crippen molar-refractivity contribution in [3.63, 3.8) is 0 Å². The summed E-state index contributed by atoms with van der Waals surface area (Å²) in [6, 6.07) is 4.80. The predicted octanol–water partition coefficient (Wildman–Crippen LogP) is 2.05. The summed E-state index contributed by atoms with van der Waals surface area (Å²) < 4.78 is 2.24. The van der Waals surface area contributed by atoms with Crippen LogP contribution in [0.5, 0.6) is 0 Å². The molecule has 23 heavy (non-hydrogen) atoms. The Morgan fingerprint density at radius 1 is 1.17 bits per heavy atom. The van der Waals surface area contributed by atoms with Crippen LogP contribution in [0.25, 0.3) is 0 Å². The van der Waals surface area contributed by atoms with E-state index in [2.05, 4.69) is 56.5 Å². The van der Waals surface area contributed by atoms with Gasteiger partial charge in [0.2, 0.25) is 0 Å². The Bertz CT molecular complexity index is 594. The number of aryl methyl sites for hydroxylation is 1. The molecule has 0 saturated carbocycles. The fourth-order valence-corrected chi connectivity index (χ4v) is 3.31. The maximum Gasteiger partial charge on any atom is 0.122 e. The third kappa shape index (κ3) is 4.18. The van der Waals surface area contributed by atoms with Crippen LogP contribution < -0.4 is 0 Å². The van der Waals surface area contributed by atoms with Crippen molar-refractivity contribution in [3.05, 3.63) is 48.3 Å². The molecule has 0 bridgehead atoms. The molecule has 1 aliphatic rings. The Kier molecular flexibility index (Phi) is 5.41. The lowest BCUT2D eigenvalue weighted by Gasteiger charge is -2.39. The van der Waals surface area contributed by atoms with Crippen LogP contribution in [-0.4, -0.2) is 56.6 Å². The van der Waals surface area contributed by atoms with Crippen molar-refractivity contribution in [2.45, 2.75) is 39.4 Å². The summed E-state index contributed by atoms with van der Waals surface area (Å²) in [6.07, 6.45) is 8.85. The second kappa shape index (κ2) is 7.70. The van der Waals surface area contributed by atoms with E-state index in [0.717, 1.165) is 45.7 Å². The summed E-state index contributed by atoms with van der Waals surface area (Å²) in [5, 5.41) is 0. The SMILES string of the molecule is CCn1ccnc1CN1CCN(CCc2ccncc2)C[C@H]1C. The Labute approximate surface area is 139 Å². The van der Waals surface area contributed by atoms with Crippen LogP contribution in [0.1, 0.15) is 25.2 Å². The lowest BCUT2D eigenvalue weighted by Crippen LogP contribution is -2.51. The van der Waals surface area contributed by atoms with E-state index in [0.29, 0.717) is 6.04 Å². The van der Waals surface area contributed by atoms with Crippen LogP contribution in [0.15, 0.2) is 36.9 Å². The molecule has 1 saturated heterocycles. The van der Waals surface area contributed by atoms with Gasteiger partial charge in [-0.05, 0) is 38.0 Å². The van der Waals surface area contributed by atoms with Crippen molar-refractivity contribution in [1.29, 1.82) is 0 Å². The number of hydrogen-bond acceptors (Lipinski definition) is 4. The second-order valence-electron chi connectivity index (χ2n) is 6.36. The zero-order valence-electron chi connectivity index (χ0n) is 14.2. The molecular weight excluding hydrogens is 286 g/mol. The zero-order valence-corrected chi connectivity index (χ0v) is 14.2. The molecule has 0 amide bonds. The summed E-state index contributed by atoms with van der Waals surface area (Å²) in [5.41, 5.74) is 1.38. The maximum atomic E-state index is 4.51. The molecule has 0 aromatic carbocycles. The third-order valence-electron chi connectivity index (χ3n) is 4.80. The van der Waals surface area contributed by atoms with E-state index in [9.17, 15) is 0 Å². The van der Waals surface area contributed by atoms with E-state index in [4.69, 9.17) is 0 Å². The van der Waals surface area contributed by atoms with E-state index in [1.165, 1.54) is 11.4 Å². The van der Waals surface area contributed by atoms with Crippen LogP contribution >= 0.6 is 0 Å². The summed E-state index contributed by atoms with van der Waals surface area (Å²) >= 11 is 0. The lowest BCUT2D eigenvalue weighted by atomic mass is 10.1. The van der Waals surface area contributed by atoms with Gasteiger partial charge in [0, 0.05) is 63.6 Å². The first kappa shape index (κ1) is 16.1. The summed E-state index contributed by atoms with van der Waals surface area (Å²) in [5.74, 6) is 1.18. The Morgan fingerprint density at radius 2 is 2.00 bits per heavy atom. The Hall–Kier alpha value is -1.72. The topological polar surface area (TPSA) is 37.2 Å². The monoisotopic (exact) mass is 313 g/mol. The molecule has 124 valence electrons. The minimum Gasteiger partial charge on any atom is -0.334 e. The number of piperazine rings is 1. The fourth-order valence-electron chi connectivity index (χ4n) is 3.31. The molecule has 2 aromatic rings. The van der Waals surface area contributed by atoms with Gasteiger partial charge in [-0.15, -0.1) is 0 Å². The molecule has 1 aliphatic heterocycles. The first-order valence-electron chi connectivity index (χ1n) is 8.61. The van der Waals surface area contributed by atoms with Gasteiger partial charge in [-0.25, -0.2) is 4.98 Å². The molecule has 0 aliphatic carbocycles. The summed E-state index contributed by atoms with van der Waals surface area (Å²) in [4.78, 5) is 13.7. The van der Waals surface area contributed by atoms with Crippen molar-refractivity contribution >= 4 is 0 Å². The number of pyridine rings is 1. The number of imidazole rings is 1. The van der Waals surface area contributed by atoms with Gasteiger partial charge in [-0.3, -0.25) is 9.88 Å². The van der Waals surface area contributed by atoms with Gasteiger partial charge in [-0.1, -0.05) is 0 Å². The minimum atomic E-state index is 0.572. The van der Waals surface area contributed by atoms with E-state index < -0.39 is 0 Å². The Morgan fingerprint density at radius 3 is 2.74 bits per heavy atom. The molecule has 5 nitrogen and oxygen atoms in total. The van der Waals surface area contributed by atoms with E-state index in [-0.39, 0.29) is 0 Å². The van der Waals surface area contributed by atoms with Gasteiger partial charge in [0.1, 0.15) is 5.82 Å². The molecule has 0 spiro atoms. The normalized spacial score (nSPS) is 20.0. The largest absolute Gasteiger partial charge is 0.334 e. The lowest BCUT2D eigenvalue weighted by molar-refractivity contribution is 0.0756. The average molecular weight is 313 g/mol. The first-order valence-corrected chi connectivity index (χ1v) is 8.61. The van der Waals surface area contributed by atoms with Gasteiger partial charge in [-0.2, -0.15) is 0 Å². The smallest absolute Gasteiger partial charge is 0.122 e. The number of aromatic nitrogens is 3. The molecular formula is C18H27N5. The quantitative estimate of drug-likeness (QED) is 0.818. The molecule has 1 atom stereocenters. The van der Waals surface area contributed by atoms with Crippen molar-refractivity contribution in [3.8, 4) is 0 Å². The molecule has 0 unspecified atom stereocenters. The highest BCUT2D eigenvalue weighted by molar-refractivity contribution is 5.10. The second-order valence-corrected chi connectivity index (χ2v) is 6.36. The van der Waals surface area contributed by atoms with E-state index >= 15 is 0 Å². The summed E-state index contributed by atoms with van der Waals surface area (Å²) in [7, 11) is 0. The molecule has 3 heterocycles. The van der Waals surface area contributed by atoms with Crippen LogP contribution in [0.2, 0.25) is 0 Å². The number of hydrogen-bond donors (Lipinski definition) is 0. The van der Waals surface area contributed by atoms with Crippen LogP contribution in [0.3, 0.4) is 0 Å². The minimum absolute atomic E-state index is 0.572. The maximum absolute atomic E-state index is 4.51. The van der Waals surface area contributed by atoms with Gasteiger partial charge < -0.3 is 9.47 Å². The van der Waals surface area contributed by atoms with Gasteiger partial charge in [0.15, 0.2) is 0 Å². The van der Waals surface area contributed by atoms with Crippen LogP contribution in [0, 0.1) is 0 Å². The highest BCUT2D eigenvalue weighted by Crippen LogP contribution is 2.14. The molecule has 2 aromatic heterocycles. The van der Waals surface area contributed by atoms with E-state index in [1.54, 1.807) is 0 Å². The molecule has 0 radical (unpaired) electrons. The molecule has 5 heteroatoms. The highest BCUT2D eigenvalue weighted by atomic mass is 15.3. The van der Waals surface area contributed by atoms with Crippen molar-refractivity contribution in [2.24, 2.45) is 0 Å². The van der Waals surface area contributed by atoms with Crippen molar-refractivity contribution in [1.82, 2.24) is 24.3 Å². The number of rotatable bonds is 6. The molecule has 0 N–H and O–H groups in total. The van der Waals surface area contributed by atoms with Gasteiger partial charge in [0.25, 0.3) is 0 Å². The zero-order chi connectivity index (χ0) is 16.1. The first-order chi connectivity index (χ1) is 11.3. The van der Waals surface area contributed by atoms with Crippen molar-refractivity contribution in [2.75, 3.05) is 26.2 Å². The van der Waals surface area contributed by atoms with Crippen LogP contribution in [0.4, 0.5) is 0 Å². The highest BCUT2D eigenvalue weighted by Gasteiger charge is 2.24.